The minimum Gasteiger partial charge on any atom is -0.379 e. The molecular formula is C17H18ClFN2. The summed E-state index contributed by atoms with van der Waals surface area (Å²) in [4.78, 5) is 2.40. The van der Waals surface area contributed by atoms with Crippen LogP contribution in [0.2, 0.25) is 5.02 Å². The van der Waals surface area contributed by atoms with Crippen LogP contribution in [0, 0.1) is 5.82 Å². The second-order valence-corrected chi connectivity index (χ2v) is 5.74. The van der Waals surface area contributed by atoms with Gasteiger partial charge in [0, 0.05) is 30.3 Å². The van der Waals surface area contributed by atoms with Crippen molar-refractivity contribution in [3.8, 4) is 0 Å². The molecule has 1 saturated heterocycles. The van der Waals surface area contributed by atoms with E-state index in [1.807, 2.05) is 6.07 Å². The number of nitrogens with one attached hydrogen (secondary N) is 1. The molecule has 0 aromatic heterocycles. The highest BCUT2D eigenvalue weighted by molar-refractivity contribution is 6.30. The highest BCUT2D eigenvalue weighted by atomic mass is 35.5. The first kappa shape index (κ1) is 14.2. The highest BCUT2D eigenvalue weighted by Gasteiger charge is 2.15. The van der Waals surface area contributed by atoms with E-state index < -0.39 is 0 Å². The largest absolute Gasteiger partial charge is 0.379 e. The summed E-state index contributed by atoms with van der Waals surface area (Å²) in [6.07, 6.45) is 2.49. The Kier molecular flexibility index (Phi) is 4.30. The topological polar surface area (TPSA) is 15.3 Å². The zero-order chi connectivity index (χ0) is 14.7. The lowest BCUT2D eigenvalue weighted by Gasteiger charge is -2.21. The molecule has 3 rings (SSSR count). The molecule has 0 atom stereocenters. The van der Waals surface area contributed by atoms with Crippen LogP contribution in [0.5, 0.6) is 0 Å². The van der Waals surface area contributed by atoms with Crippen molar-refractivity contribution < 1.29 is 4.39 Å². The van der Waals surface area contributed by atoms with Gasteiger partial charge < -0.3 is 10.2 Å². The fourth-order valence-corrected chi connectivity index (χ4v) is 2.91. The molecule has 2 aromatic carbocycles. The molecule has 0 saturated carbocycles. The molecule has 1 heterocycles. The third-order valence-corrected chi connectivity index (χ3v) is 4.07. The number of rotatable bonds is 4. The van der Waals surface area contributed by atoms with Crippen molar-refractivity contribution in [2.45, 2.75) is 19.4 Å². The van der Waals surface area contributed by atoms with Crippen LogP contribution in [0.1, 0.15) is 18.4 Å². The van der Waals surface area contributed by atoms with Gasteiger partial charge in [0.05, 0.1) is 5.69 Å². The van der Waals surface area contributed by atoms with Gasteiger partial charge in [0.1, 0.15) is 5.82 Å². The minimum absolute atomic E-state index is 0.318. The lowest BCUT2D eigenvalue weighted by molar-refractivity contribution is 0.630. The molecule has 0 aliphatic carbocycles. The summed E-state index contributed by atoms with van der Waals surface area (Å²) < 4.78 is 13.8. The number of benzene rings is 2. The van der Waals surface area contributed by atoms with Gasteiger partial charge in [-0.1, -0.05) is 29.8 Å². The van der Waals surface area contributed by atoms with Gasteiger partial charge in [-0.2, -0.15) is 0 Å². The Morgan fingerprint density at radius 1 is 1.10 bits per heavy atom. The number of anilines is 2. The standard InChI is InChI=1S/C17H18ClFN2/c18-14-7-8-16(15(19)11-14)20-12-13-5-1-2-6-17(13)21-9-3-4-10-21/h1-2,5-8,11,20H,3-4,9-10,12H2. The van der Waals surface area contributed by atoms with Crippen LogP contribution in [0.15, 0.2) is 42.5 Å². The van der Waals surface area contributed by atoms with Gasteiger partial charge in [0.15, 0.2) is 0 Å². The Morgan fingerprint density at radius 3 is 2.62 bits per heavy atom. The second-order valence-electron chi connectivity index (χ2n) is 5.30. The van der Waals surface area contributed by atoms with Crippen LogP contribution < -0.4 is 10.2 Å². The number of halogens is 2. The third-order valence-electron chi connectivity index (χ3n) is 3.84. The van der Waals surface area contributed by atoms with Crippen molar-refractivity contribution >= 4 is 23.0 Å². The Bertz CT molecular complexity index is 624. The average molecular weight is 305 g/mol. The molecule has 2 nitrogen and oxygen atoms in total. The van der Waals surface area contributed by atoms with Crippen LogP contribution >= 0.6 is 11.6 Å². The van der Waals surface area contributed by atoms with E-state index in [1.54, 1.807) is 12.1 Å². The first-order chi connectivity index (χ1) is 10.2. The Balaban J connectivity index is 1.75. The molecule has 1 N–H and O–H groups in total. The maximum absolute atomic E-state index is 13.8. The molecule has 1 fully saturated rings. The highest BCUT2D eigenvalue weighted by Crippen LogP contribution is 2.26. The molecule has 0 spiro atoms. The summed E-state index contributed by atoms with van der Waals surface area (Å²) in [7, 11) is 0. The first-order valence-corrected chi connectivity index (χ1v) is 7.63. The van der Waals surface area contributed by atoms with Gasteiger partial charge in [-0.3, -0.25) is 0 Å². The summed E-state index contributed by atoms with van der Waals surface area (Å²) in [6.45, 7) is 2.81. The van der Waals surface area contributed by atoms with Gasteiger partial charge in [-0.15, -0.1) is 0 Å². The molecule has 0 amide bonds. The molecule has 110 valence electrons. The average Bonchev–Trinajstić information content (AvgIpc) is 3.01. The smallest absolute Gasteiger partial charge is 0.147 e. The van der Waals surface area contributed by atoms with E-state index in [1.165, 1.54) is 30.2 Å². The summed E-state index contributed by atoms with van der Waals surface area (Å²) in [5, 5.41) is 3.57. The summed E-state index contributed by atoms with van der Waals surface area (Å²) >= 11 is 5.77. The van der Waals surface area contributed by atoms with E-state index in [0.717, 1.165) is 13.1 Å². The van der Waals surface area contributed by atoms with Crippen molar-refractivity contribution in [3.63, 3.8) is 0 Å². The van der Waals surface area contributed by atoms with E-state index >= 15 is 0 Å². The lowest BCUT2D eigenvalue weighted by Crippen LogP contribution is -2.20. The predicted octanol–water partition coefficient (Wildman–Crippen LogP) is 4.69. The normalized spacial score (nSPS) is 14.5. The summed E-state index contributed by atoms with van der Waals surface area (Å²) in [5.41, 5.74) is 2.92. The van der Waals surface area contributed by atoms with Crippen LogP contribution in [0.3, 0.4) is 0 Å². The van der Waals surface area contributed by atoms with Gasteiger partial charge in [-0.25, -0.2) is 4.39 Å². The number of hydrogen-bond acceptors (Lipinski definition) is 2. The van der Waals surface area contributed by atoms with E-state index in [0.29, 0.717) is 17.3 Å². The van der Waals surface area contributed by atoms with Crippen molar-refractivity contribution in [3.05, 3.63) is 58.9 Å². The van der Waals surface area contributed by atoms with Gasteiger partial charge in [0.25, 0.3) is 0 Å². The van der Waals surface area contributed by atoms with Gasteiger partial charge >= 0.3 is 0 Å². The molecule has 1 aliphatic heterocycles. The molecule has 21 heavy (non-hydrogen) atoms. The zero-order valence-electron chi connectivity index (χ0n) is 11.8. The van der Waals surface area contributed by atoms with Crippen molar-refractivity contribution in [2.24, 2.45) is 0 Å². The Labute approximate surface area is 129 Å². The van der Waals surface area contributed by atoms with Crippen molar-refractivity contribution in [1.29, 1.82) is 0 Å². The minimum atomic E-state index is -0.318. The molecule has 0 radical (unpaired) electrons. The SMILES string of the molecule is Fc1cc(Cl)ccc1NCc1ccccc1N1CCCC1. The third kappa shape index (κ3) is 3.30. The maximum atomic E-state index is 13.8. The molecule has 1 aliphatic rings. The van der Waals surface area contributed by atoms with Crippen LogP contribution in [0.25, 0.3) is 0 Å². The summed E-state index contributed by atoms with van der Waals surface area (Å²) in [5.74, 6) is -0.318. The first-order valence-electron chi connectivity index (χ1n) is 7.26. The van der Waals surface area contributed by atoms with E-state index in [4.69, 9.17) is 11.6 Å². The Morgan fingerprint density at radius 2 is 1.86 bits per heavy atom. The van der Waals surface area contributed by atoms with E-state index in [2.05, 4.69) is 28.4 Å². The Hall–Kier alpha value is -1.74. The van der Waals surface area contributed by atoms with E-state index in [9.17, 15) is 4.39 Å². The quantitative estimate of drug-likeness (QED) is 0.881. The van der Waals surface area contributed by atoms with Crippen molar-refractivity contribution in [1.82, 2.24) is 0 Å². The second kappa shape index (κ2) is 6.35. The molecule has 0 unspecified atom stereocenters. The van der Waals surface area contributed by atoms with E-state index in [-0.39, 0.29) is 5.82 Å². The molecule has 0 bridgehead atoms. The predicted molar refractivity (Wildman–Crippen MR) is 86.6 cm³/mol. The lowest BCUT2D eigenvalue weighted by atomic mass is 10.1. The summed E-state index contributed by atoms with van der Waals surface area (Å²) in [6, 6.07) is 13.0. The number of hydrogen-bond donors (Lipinski definition) is 1. The zero-order valence-corrected chi connectivity index (χ0v) is 12.5. The molecule has 2 aromatic rings. The van der Waals surface area contributed by atoms with Crippen molar-refractivity contribution in [2.75, 3.05) is 23.3 Å². The van der Waals surface area contributed by atoms with Crippen LogP contribution in [-0.4, -0.2) is 13.1 Å². The van der Waals surface area contributed by atoms with Crippen LogP contribution in [-0.2, 0) is 6.54 Å². The fraction of sp³-hybridized carbons (Fsp3) is 0.294. The maximum Gasteiger partial charge on any atom is 0.147 e. The van der Waals surface area contributed by atoms with Crippen LogP contribution in [0.4, 0.5) is 15.8 Å². The fourth-order valence-electron chi connectivity index (χ4n) is 2.75. The van der Waals surface area contributed by atoms with Gasteiger partial charge in [0.2, 0.25) is 0 Å². The monoisotopic (exact) mass is 304 g/mol. The van der Waals surface area contributed by atoms with Gasteiger partial charge in [-0.05, 0) is 42.7 Å². The molecular weight excluding hydrogens is 287 g/mol. The number of nitrogens with zero attached hydrogens (tertiary/aromatic N) is 1. The molecule has 4 heteroatoms. The number of para-hydroxylation sites is 1.